The number of ether oxygens (including phenoxy) is 1. The van der Waals surface area contributed by atoms with E-state index in [0.717, 1.165) is 23.3 Å². The third-order valence-corrected chi connectivity index (χ3v) is 3.66. The smallest absolute Gasteiger partial charge is 0.255 e. The maximum absolute atomic E-state index is 12.3. The minimum Gasteiger partial charge on any atom is -0.507 e. The van der Waals surface area contributed by atoms with Crippen LogP contribution in [0.4, 0.5) is 0 Å². The number of nitrogens with one attached hydrogen (secondary N) is 1. The Kier molecular flexibility index (Phi) is 3.52. The molecule has 0 radical (unpaired) electrons. The summed E-state index contributed by atoms with van der Waals surface area (Å²) in [6, 6.07) is 12.6. The number of para-hydroxylation sites is 1. The molecule has 0 aromatic heterocycles. The molecule has 0 saturated heterocycles. The Morgan fingerprint density at radius 2 is 2.10 bits per heavy atom. The maximum atomic E-state index is 12.3. The molecule has 0 unspecified atom stereocenters. The number of carbonyl (C=O) groups excluding carboxylic acids is 1. The highest BCUT2D eigenvalue weighted by atomic mass is 16.5. The summed E-state index contributed by atoms with van der Waals surface area (Å²) in [5.74, 6) is 0.546. The van der Waals surface area contributed by atoms with Crippen molar-refractivity contribution in [1.82, 2.24) is 5.32 Å². The van der Waals surface area contributed by atoms with Gasteiger partial charge in [0.15, 0.2) is 0 Å². The lowest BCUT2D eigenvalue weighted by molar-refractivity contribution is 0.0922. The Hall–Kier alpha value is -2.49. The number of amides is 1. The number of rotatable bonds is 2. The van der Waals surface area contributed by atoms with Crippen LogP contribution < -0.4 is 10.1 Å². The number of phenolic OH excluding ortho intramolecular Hbond substituents is 1. The molecule has 2 aromatic carbocycles. The molecule has 4 heteroatoms. The number of aryl methyl sites for hydroxylation is 1. The molecule has 1 aliphatic heterocycles. The van der Waals surface area contributed by atoms with Crippen molar-refractivity contribution in [2.75, 3.05) is 6.61 Å². The lowest BCUT2D eigenvalue weighted by Gasteiger charge is -2.26. The van der Waals surface area contributed by atoms with Crippen LogP contribution in [-0.4, -0.2) is 17.6 Å². The third-order valence-electron chi connectivity index (χ3n) is 3.66. The number of phenols is 1. The van der Waals surface area contributed by atoms with Crippen LogP contribution in [0.1, 0.15) is 33.9 Å². The van der Waals surface area contributed by atoms with E-state index in [-0.39, 0.29) is 17.7 Å². The molecule has 2 aromatic rings. The van der Waals surface area contributed by atoms with Gasteiger partial charge in [0.25, 0.3) is 5.91 Å². The Labute approximate surface area is 123 Å². The summed E-state index contributed by atoms with van der Waals surface area (Å²) in [4.78, 5) is 12.3. The number of aromatic hydroxyl groups is 1. The molecular formula is C17H17NO3. The number of hydrogen-bond donors (Lipinski definition) is 2. The van der Waals surface area contributed by atoms with Gasteiger partial charge in [-0.25, -0.2) is 0 Å². The fourth-order valence-corrected chi connectivity index (χ4v) is 2.56. The highest BCUT2D eigenvalue weighted by Gasteiger charge is 2.23. The summed E-state index contributed by atoms with van der Waals surface area (Å²) in [6.45, 7) is 2.44. The molecule has 0 spiro atoms. The first-order valence-corrected chi connectivity index (χ1v) is 6.97. The SMILES string of the molecule is Cc1ccc(C(=O)N[C@@H]2CCOc3ccccc32)c(O)c1. The highest BCUT2D eigenvalue weighted by molar-refractivity contribution is 5.97. The average Bonchev–Trinajstić information content (AvgIpc) is 2.47. The zero-order valence-corrected chi connectivity index (χ0v) is 11.8. The molecule has 1 amide bonds. The van der Waals surface area contributed by atoms with Gasteiger partial charge in [0.05, 0.1) is 18.2 Å². The largest absolute Gasteiger partial charge is 0.507 e. The first kappa shape index (κ1) is 13.5. The van der Waals surface area contributed by atoms with Crippen LogP contribution in [0.3, 0.4) is 0 Å². The lowest BCUT2D eigenvalue weighted by atomic mass is 10.00. The molecule has 0 aliphatic carbocycles. The van der Waals surface area contributed by atoms with Crippen LogP contribution in [0.25, 0.3) is 0 Å². The molecule has 4 nitrogen and oxygen atoms in total. The van der Waals surface area contributed by atoms with E-state index in [1.807, 2.05) is 37.3 Å². The van der Waals surface area contributed by atoms with Crippen molar-refractivity contribution in [2.45, 2.75) is 19.4 Å². The predicted molar refractivity (Wildman–Crippen MR) is 79.6 cm³/mol. The van der Waals surface area contributed by atoms with E-state index in [1.54, 1.807) is 12.1 Å². The van der Waals surface area contributed by atoms with E-state index in [1.165, 1.54) is 0 Å². The molecule has 1 heterocycles. The fraction of sp³-hybridized carbons (Fsp3) is 0.235. The standard InChI is InChI=1S/C17H17NO3/c1-11-6-7-13(15(19)10-11)17(20)18-14-8-9-21-16-5-3-2-4-12(14)16/h2-7,10,14,19H,8-9H2,1H3,(H,18,20)/t14-/m1/s1. The second kappa shape index (κ2) is 5.48. The Bertz CT molecular complexity index is 681. The number of hydrogen-bond acceptors (Lipinski definition) is 3. The number of carbonyl (C=O) groups is 1. The van der Waals surface area contributed by atoms with Crippen molar-refractivity contribution in [1.29, 1.82) is 0 Å². The van der Waals surface area contributed by atoms with Crippen LogP contribution in [0.5, 0.6) is 11.5 Å². The highest BCUT2D eigenvalue weighted by Crippen LogP contribution is 2.32. The van der Waals surface area contributed by atoms with Crippen LogP contribution in [-0.2, 0) is 0 Å². The van der Waals surface area contributed by atoms with Gasteiger partial charge in [0, 0.05) is 12.0 Å². The predicted octanol–water partition coefficient (Wildman–Crippen LogP) is 2.95. The minimum atomic E-state index is -0.269. The molecule has 1 aliphatic rings. The van der Waals surface area contributed by atoms with Gasteiger partial charge >= 0.3 is 0 Å². The third kappa shape index (κ3) is 2.70. The van der Waals surface area contributed by atoms with Gasteiger partial charge in [-0.15, -0.1) is 0 Å². The first-order valence-electron chi connectivity index (χ1n) is 6.97. The molecule has 3 rings (SSSR count). The molecule has 0 fully saturated rings. The van der Waals surface area contributed by atoms with Gasteiger partial charge in [-0.2, -0.15) is 0 Å². The molecule has 2 N–H and O–H groups in total. The van der Waals surface area contributed by atoms with Gasteiger partial charge in [-0.05, 0) is 30.7 Å². The monoisotopic (exact) mass is 283 g/mol. The maximum Gasteiger partial charge on any atom is 0.255 e. The summed E-state index contributed by atoms with van der Waals surface area (Å²) in [5, 5.41) is 12.9. The van der Waals surface area contributed by atoms with Gasteiger partial charge in [0.2, 0.25) is 0 Å². The summed E-state index contributed by atoms with van der Waals surface area (Å²) in [7, 11) is 0. The quantitative estimate of drug-likeness (QED) is 0.891. The second-order valence-electron chi connectivity index (χ2n) is 5.22. The number of benzene rings is 2. The van der Waals surface area contributed by atoms with Crippen LogP contribution in [0.15, 0.2) is 42.5 Å². The van der Waals surface area contributed by atoms with Gasteiger partial charge in [-0.3, -0.25) is 4.79 Å². The molecule has 0 bridgehead atoms. The van der Waals surface area contributed by atoms with E-state index in [4.69, 9.17) is 4.74 Å². The second-order valence-corrected chi connectivity index (χ2v) is 5.22. The van der Waals surface area contributed by atoms with E-state index in [0.29, 0.717) is 12.2 Å². The van der Waals surface area contributed by atoms with Crippen molar-refractivity contribution in [3.05, 3.63) is 59.2 Å². The Morgan fingerprint density at radius 3 is 2.90 bits per heavy atom. The van der Waals surface area contributed by atoms with Crippen molar-refractivity contribution in [3.63, 3.8) is 0 Å². The number of fused-ring (bicyclic) bond motifs is 1. The van der Waals surface area contributed by atoms with E-state index >= 15 is 0 Å². The molecule has 21 heavy (non-hydrogen) atoms. The van der Waals surface area contributed by atoms with Gasteiger partial charge in [-0.1, -0.05) is 24.3 Å². The zero-order valence-electron chi connectivity index (χ0n) is 11.8. The molecule has 108 valence electrons. The fourth-order valence-electron chi connectivity index (χ4n) is 2.56. The molecular weight excluding hydrogens is 266 g/mol. The van der Waals surface area contributed by atoms with Crippen molar-refractivity contribution in [2.24, 2.45) is 0 Å². The molecule has 1 atom stereocenters. The minimum absolute atomic E-state index is 0.00726. The van der Waals surface area contributed by atoms with Gasteiger partial charge < -0.3 is 15.2 Å². The Balaban J connectivity index is 1.83. The summed E-state index contributed by atoms with van der Waals surface area (Å²) >= 11 is 0. The average molecular weight is 283 g/mol. The lowest BCUT2D eigenvalue weighted by Crippen LogP contribution is -2.32. The van der Waals surface area contributed by atoms with Crippen LogP contribution >= 0.6 is 0 Å². The summed E-state index contributed by atoms with van der Waals surface area (Å²) in [6.07, 6.45) is 0.718. The van der Waals surface area contributed by atoms with Crippen LogP contribution in [0, 0.1) is 6.92 Å². The molecule has 0 saturated carbocycles. The summed E-state index contributed by atoms with van der Waals surface area (Å²) < 4.78 is 5.58. The normalized spacial score (nSPS) is 16.7. The van der Waals surface area contributed by atoms with Crippen molar-refractivity contribution < 1.29 is 14.6 Å². The Morgan fingerprint density at radius 1 is 1.29 bits per heavy atom. The van der Waals surface area contributed by atoms with Crippen molar-refractivity contribution in [3.8, 4) is 11.5 Å². The topological polar surface area (TPSA) is 58.6 Å². The van der Waals surface area contributed by atoms with Crippen LogP contribution in [0.2, 0.25) is 0 Å². The van der Waals surface area contributed by atoms with Crippen molar-refractivity contribution >= 4 is 5.91 Å². The van der Waals surface area contributed by atoms with E-state index in [9.17, 15) is 9.90 Å². The van der Waals surface area contributed by atoms with E-state index < -0.39 is 0 Å². The van der Waals surface area contributed by atoms with Gasteiger partial charge in [0.1, 0.15) is 11.5 Å². The van der Waals surface area contributed by atoms with E-state index in [2.05, 4.69) is 5.32 Å². The first-order chi connectivity index (χ1) is 10.1. The summed E-state index contributed by atoms with van der Waals surface area (Å²) in [5.41, 5.74) is 2.19. The zero-order chi connectivity index (χ0) is 14.8.